The Morgan fingerprint density at radius 3 is 2.43 bits per heavy atom. The molecule has 1 atom stereocenters. The minimum atomic E-state index is -3.69. The molecule has 8 heteroatoms. The Balaban J connectivity index is 1.82. The summed E-state index contributed by atoms with van der Waals surface area (Å²) in [6.45, 7) is 2.41. The van der Waals surface area contributed by atoms with E-state index in [4.69, 9.17) is 16.3 Å². The zero-order chi connectivity index (χ0) is 16.4. The highest BCUT2D eigenvalue weighted by Crippen LogP contribution is 2.28. The molecule has 0 aliphatic carbocycles. The summed E-state index contributed by atoms with van der Waals surface area (Å²) in [6, 6.07) is 5.43. The summed E-state index contributed by atoms with van der Waals surface area (Å²) < 4.78 is 32.2. The van der Waals surface area contributed by atoms with Crippen molar-refractivity contribution in [3.63, 3.8) is 0 Å². The lowest BCUT2D eigenvalue weighted by atomic mass is 10.2. The SMILES string of the molecule is O=C([C@H]1CCCN1S(=O)(=O)c1ccc(Cl)cc1)N1CCOCC1. The lowest BCUT2D eigenvalue weighted by Gasteiger charge is -2.32. The van der Waals surface area contributed by atoms with E-state index in [0.29, 0.717) is 50.7 Å². The number of halogens is 1. The average molecular weight is 359 g/mol. The van der Waals surface area contributed by atoms with E-state index in [1.807, 2.05) is 0 Å². The molecular weight excluding hydrogens is 340 g/mol. The first-order valence-electron chi connectivity index (χ1n) is 7.64. The second-order valence-electron chi connectivity index (χ2n) is 5.67. The van der Waals surface area contributed by atoms with Gasteiger partial charge >= 0.3 is 0 Å². The van der Waals surface area contributed by atoms with Gasteiger partial charge in [-0.3, -0.25) is 4.79 Å². The van der Waals surface area contributed by atoms with E-state index < -0.39 is 16.1 Å². The lowest BCUT2D eigenvalue weighted by Crippen LogP contribution is -2.50. The molecule has 2 aliphatic rings. The van der Waals surface area contributed by atoms with Gasteiger partial charge in [0.2, 0.25) is 15.9 Å². The maximum absolute atomic E-state index is 12.8. The molecule has 3 rings (SSSR count). The predicted octanol–water partition coefficient (Wildman–Crippen LogP) is 1.35. The van der Waals surface area contributed by atoms with Crippen molar-refractivity contribution in [3.8, 4) is 0 Å². The highest BCUT2D eigenvalue weighted by Gasteiger charge is 2.41. The molecule has 1 aromatic rings. The standard InChI is InChI=1S/C15H19ClN2O4S/c16-12-3-5-13(6-4-12)23(20,21)18-7-1-2-14(18)15(19)17-8-10-22-11-9-17/h3-6,14H,1-2,7-11H2/t14-/m1/s1. The first-order chi connectivity index (χ1) is 11.0. The molecule has 0 bridgehead atoms. The number of ether oxygens (including phenoxy) is 1. The molecule has 6 nitrogen and oxygen atoms in total. The van der Waals surface area contributed by atoms with Gasteiger partial charge in [-0.25, -0.2) is 8.42 Å². The Morgan fingerprint density at radius 1 is 1.13 bits per heavy atom. The number of carbonyl (C=O) groups is 1. The lowest BCUT2D eigenvalue weighted by molar-refractivity contribution is -0.138. The summed E-state index contributed by atoms with van der Waals surface area (Å²) in [7, 11) is -3.69. The third-order valence-corrected chi connectivity index (χ3v) is 6.41. The zero-order valence-electron chi connectivity index (χ0n) is 12.7. The van der Waals surface area contributed by atoms with E-state index in [0.717, 1.165) is 0 Å². The van der Waals surface area contributed by atoms with Gasteiger partial charge in [0.1, 0.15) is 6.04 Å². The van der Waals surface area contributed by atoms with Crippen molar-refractivity contribution in [1.29, 1.82) is 0 Å². The van der Waals surface area contributed by atoms with Crippen molar-refractivity contribution in [2.24, 2.45) is 0 Å². The van der Waals surface area contributed by atoms with Crippen LogP contribution in [0.4, 0.5) is 0 Å². The van der Waals surface area contributed by atoms with E-state index in [1.165, 1.54) is 16.4 Å². The van der Waals surface area contributed by atoms with E-state index in [-0.39, 0.29) is 10.8 Å². The van der Waals surface area contributed by atoms with Crippen molar-refractivity contribution in [2.45, 2.75) is 23.8 Å². The van der Waals surface area contributed by atoms with Crippen LogP contribution in [-0.4, -0.2) is 62.4 Å². The van der Waals surface area contributed by atoms with Gasteiger partial charge in [-0.2, -0.15) is 4.31 Å². The first kappa shape index (κ1) is 16.7. The predicted molar refractivity (Wildman–Crippen MR) is 85.8 cm³/mol. The molecule has 126 valence electrons. The number of rotatable bonds is 3. The molecule has 2 aliphatic heterocycles. The Morgan fingerprint density at radius 2 is 1.78 bits per heavy atom. The second kappa shape index (κ2) is 6.76. The topological polar surface area (TPSA) is 66.9 Å². The summed E-state index contributed by atoms with van der Waals surface area (Å²) in [5, 5.41) is 0.478. The first-order valence-corrected chi connectivity index (χ1v) is 9.46. The number of amides is 1. The fourth-order valence-electron chi connectivity index (χ4n) is 3.01. The fraction of sp³-hybridized carbons (Fsp3) is 0.533. The Kier molecular flexibility index (Phi) is 4.91. The van der Waals surface area contributed by atoms with Crippen LogP contribution in [0, 0.1) is 0 Å². The maximum atomic E-state index is 12.8. The number of sulfonamides is 1. The van der Waals surface area contributed by atoms with Gasteiger partial charge in [-0.1, -0.05) is 11.6 Å². The molecule has 2 heterocycles. The number of nitrogens with zero attached hydrogens (tertiary/aromatic N) is 2. The van der Waals surface area contributed by atoms with Gasteiger partial charge in [0.05, 0.1) is 18.1 Å². The van der Waals surface area contributed by atoms with Crippen LogP contribution in [0.2, 0.25) is 5.02 Å². The van der Waals surface area contributed by atoms with Crippen molar-refractivity contribution < 1.29 is 17.9 Å². The molecular formula is C15H19ClN2O4S. The zero-order valence-corrected chi connectivity index (χ0v) is 14.2. The highest BCUT2D eigenvalue weighted by atomic mass is 35.5. The smallest absolute Gasteiger partial charge is 0.243 e. The highest BCUT2D eigenvalue weighted by molar-refractivity contribution is 7.89. The number of carbonyl (C=O) groups excluding carboxylic acids is 1. The summed E-state index contributed by atoms with van der Waals surface area (Å²) in [5.41, 5.74) is 0. The van der Waals surface area contributed by atoms with Gasteiger partial charge in [-0.05, 0) is 37.1 Å². The molecule has 23 heavy (non-hydrogen) atoms. The Hall–Kier alpha value is -1.15. The molecule has 0 radical (unpaired) electrons. The van der Waals surface area contributed by atoms with Crippen LogP contribution in [0.1, 0.15) is 12.8 Å². The number of morpholine rings is 1. The fourth-order valence-corrected chi connectivity index (χ4v) is 4.79. The molecule has 0 unspecified atom stereocenters. The Labute approximate surface area is 141 Å². The van der Waals surface area contributed by atoms with Crippen LogP contribution in [0.5, 0.6) is 0 Å². The van der Waals surface area contributed by atoms with Crippen LogP contribution in [-0.2, 0) is 19.6 Å². The minimum Gasteiger partial charge on any atom is -0.378 e. The van der Waals surface area contributed by atoms with Gasteiger partial charge in [0.25, 0.3) is 0 Å². The molecule has 0 N–H and O–H groups in total. The third kappa shape index (κ3) is 3.38. The van der Waals surface area contributed by atoms with Gasteiger partial charge < -0.3 is 9.64 Å². The number of hydrogen-bond acceptors (Lipinski definition) is 4. The van der Waals surface area contributed by atoms with Gasteiger partial charge in [0, 0.05) is 24.7 Å². The van der Waals surface area contributed by atoms with E-state index in [9.17, 15) is 13.2 Å². The molecule has 0 saturated carbocycles. The quantitative estimate of drug-likeness (QED) is 0.818. The normalized spacial score (nSPS) is 23.2. The van der Waals surface area contributed by atoms with Crippen LogP contribution in [0.15, 0.2) is 29.2 Å². The molecule has 1 aromatic carbocycles. The van der Waals surface area contributed by atoms with E-state index in [2.05, 4.69) is 0 Å². The van der Waals surface area contributed by atoms with Crippen molar-refractivity contribution in [1.82, 2.24) is 9.21 Å². The van der Waals surface area contributed by atoms with Crippen LogP contribution < -0.4 is 0 Å². The summed E-state index contributed by atoms with van der Waals surface area (Å²) in [4.78, 5) is 14.6. The monoisotopic (exact) mass is 358 g/mol. The largest absolute Gasteiger partial charge is 0.378 e. The van der Waals surface area contributed by atoms with Gasteiger partial charge in [0.15, 0.2) is 0 Å². The molecule has 2 fully saturated rings. The minimum absolute atomic E-state index is 0.122. The van der Waals surface area contributed by atoms with Crippen molar-refractivity contribution in [2.75, 3.05) is 32.8 Å². The summed E-state index contributed by atoms with van der Waals surface area (Å²) in [6.07, 6.45) is 1.25. The van der Waals surface area contributed by atoms with Crippen LogP contribution in [0.3, 0.4) is 0 Å². The maximum Gasteiger partial charge on any atom is 0.243 e. The Bertz CT molecular complexity index is 671. The second-order valence-corrected chi connectivity index (χ2v) is 7.99. The average Bonchev–Trinajstić information content (AvgIpc) is 3.06. The number of benzene rings is 1. The van der Waals surface area contributed by atoms with Gasteiger partial charge in [-0.15, -0.1) is 0 Å². The third-order valence-electron chi connectivity index (χ3n) is 4.23. The molecule has 0 spiro atoms. The summed E-state index contributed by atoms with van der Waals surface area (Å²) in [5.74, 6) is -0.122. The van der Waals surface area contributed by atoms with E-state index in [1.54, 1.807) is 17.0 Å². The van der Waals surface area contributed by atoms with E-state index >= 15 is 0 Å². The van der Waals surface area contributed by atoms with Crippen LogP contribution >= 0.6 is 11.6 Å². The molecule has 2 saturated heterocycles. The molecule has 0 aromatic heterocycles. The summed E-state index contributed by atoms with van der Waals surface area (Å²) >= 11 is 5.82. The van der Waals surface area contributed by atoms with Crippen molar-refractivity contribution in [3.05, 3.63) is 29.3 Å². The molecule has 1 amide bonds. The van der Waals surface area contributed by atoms with Crippen LogP contribution in [0.25, 0.3) is 0 Å². The number of hydrogen-bond donors (Lipinski definition) is 0. The van der Waals surface area contributed by atoms with Crippen molar-refractivity contribution >= 4 is 27.5 Å².